The molecular weight excluding hydrogens is 224 g/mol. The maximum atomic E-state index is 6.18. The van der Waals surface area contributed by atoms with E-state index in [1.54, 1.807) is 0 Å². The Bertz CT molecular complexity index is 560. The molecule has 1 saturated heterocycles. The summed E-state index contributed by atoms with van der Waals surface area (Å²) in [6.07, 6.45) is 1.15. The quantitative estimate of drug-likeness (QED) is 0.815. The van der Waals surface area contributed by atoms with Crippen LogP contribution in [-0.4, -0.2) is 18.3 Å². The van der Waals surface area contributed by atoms with Crippen molar-refractivity contribution in [3.05, 3.63) is 42.5 Å². The van der Waals surface area contributed by atoms with Gasteiger partial charge in [0.2, 0.25) is 0 Å². The van der Waals surface area contributed by atoms with Crippen molar-refractivity contribution in [2.45, 2.75) is 32.0 Å². The average Bonchev–Trinajstić information content (AvgIpc) is 2.42. The van der Waals surface area contributed by atoms with Crippen molar-refractivity contribution < 1.29 is 9.47 Å². The minimum Gasteiger partial charge on any atom is -0.482 e. The first-order valence-electron chi connectivity index (χ1n) is 6.53. The molecule has 0 saturated carbocycles. The molecule has 1 aliphatic rings. The molecule has 2 unspecified atom stereocenters. The smallest absolute Gasteiger partial charge is 0.157 e. The Kier molecular flexibility index (Phi) is 2.75. The van der Waals surface area contributed by atoms with Gasteiger partial charge in [0.1, 0.15) is 5.75 Å². The molecule has 0 aromatic heterocycles. The lowest BCUT2D eigenvalue weighted by atomic mass is 9.90. The predicted octanol–water partition coefficient (Wildman–Crippen LogP) is 3.79. The van der Waals surface area contributed by atoms with Crippen LogP contribution in [0.2, 0.25) is 0 Å². The van der Waals surface area contributed by atoms with Crippen LogP contribution in [0.15, 0.2) is 42.5 Å². The second kappa shape index (κ2) is 4.29. The summed E-state index contributed by atoms with van der Waals surface area (Å²) < 4.78 is 11.7. The van der Waals surface area contributed by atoms with Crippen molar-refractivity contribution in [3.8, 4) is 5.75 Å². The van der Waals surface area contributed by atoms with Gasteiger partial charge in [0, 0.05) is 0 Å². The molecule has 0 radical (unpaired) electrons. The first-order valence-corrected chi connectivity index (χ1v) is 6.53. The maximum absolute atomic E-state index is 6.18. The van der Waals surface area contributed by atoms with Gasteiger partial charge in [0.05, 0.1) is 12.7 Å². The van der Waals surface area contributed by atoms with E-state index in [0.29, 0.717) is 6.61 Å². The molecule has 18 heavy (non-hydrogen) atoms. The third-order valence-corrected chi connectivity index (χ3v) is 3.96. The summed E-state index contributed by atoms with van der Waals surface area (Å²) in [6.45, 7) is 4.92. The maximum Gasteiger partial charge on any atom is 0.157 e. The van der Waals surface area contributed by atoms with Crippen LogP contribution in [0.1, 0.15) is 20.3 Å². The molecule has 0 spiro atoms. The fourth-order valence-electron chi connectivity index (χ4n) is 2.48. The van der Waals surface area contributed by atoms with Crippen LogP contribution in [0.4, 0.5) is 0 Å². The van der Waals surface area contributed by atoms with Crippen LogP contribution >= 0.6 is 0 Å². The number of benzene rings is 2. The van der Waals surface area contributed by atoms with E-state index in [4.69, 9.17) is 9.47 Å². The van der Waals surface area contributed by atoms with E-state index in [1.807, 2.05) is 6.07 Å². The van der Waals surface area contributed by atoms with Crippen molar-refractivity contribution >= 4 is 10.8 Å². The predicted molar refractivity (Wildman–Crippen MR) is 73.0 cm³/mol. The Morgan fingerprint density at radius 1 is 1.22 bits per heavy atom. The molecule has 0 amide bonds. The highest BCUT2D eigenvalue weighted by Crippen LogP contribution is 2.35. The van der Waals surface area contributed by atoms with Crippen LogP contribution in [-0.2, 0) is 4.74 Å². The molecule has 0 aliphatic carbocycles. The Morgan fingerprint density at radius 3 is 2.61 bits per heavy atom. The Hall–Kier alpha value is -1.54. The summed E-state index contributed by atoms with van der Waals surface area (Å²) >= 11 is 0. The normalized spacial score (nSPS) is 26.9. The van der Waals surface area contributed by atoms with E-state index in [2.05, 4.69) is 50.2 Å². The molecule has 2 aromatic carbocycles. The van der Waals surface area contributed by atoms with Gasteiger partial charge in [-0.1, -0.05) is 37.3 Å². The lowest BCUT2D eigenvalue weighted by Gasteiger charge is -2.46. The van der Waals surface area contributed by atoms with E-state index in [1.165, 1.54) is 10.8 Å². The molecule has 0 bridgehead atoms. The summed E-state index contributed by atoms with van der Waals surface area (Å²) in [5.74, 6) is 0.936. The van der Waals surface area contributed by atoms with E-state index < -0.39 is 0 Å². The van der Waals surface area contributed by atoms with Gasteiger partial charge in [0.25, 0.3) is 0 Å². The van der Waals surface area contributed by atoms with Crippen LogP contribution < -0.4 is 4.74 Å². The second-order valence-electron chi connectivity index (χ2n) is 4.98. The topological polar surface area (TPSA) is 18.5 Å². The Morgan fingerprint density at radius 2 is 2.00 bits per heavy atom. The molecule has 2 aromatic rings. The first-order chi connectivity index (χ1) is 8.73. The number of ether oxygens (including phenoxy) is 2. The van der Waals surface area contributed by atoms with Gasteiger partial charge in [-0.3, -0.25) is 0 Å². The van der Waals surface area contributed by atoms with Crippen molar-refractivity contribution in [1.82, 2.24) is 0 Å². The van der Waals surface area contributed by atoms with Gasteiger partial charge in [-0.25, -0.2) is 0 Å². The molecule has 2 nitrogen and oxygen atoms in total. The van der Waals surface area contributed by atoms with E-state index in [0.717, 1.165) is 12.2 Å². The fourth-order valence-corrected chi connectivity index (χ4v) is 2.48. The largest absolute Gasteiger partial charge is 0.482 e. The molecule has 94 valence electrons. The summed E-state index contributed by atoms with van der Waals surface area (Å²) in [5, 5.41) is 2.46. The number of rotatable bonds is 3. The van der Waals surface area contributed by atoms with Crippen molar-refractivity contribution in [3.63, 3.8) is 0 Å². The summed E-state index contributed by atoms with van der Waals surface area (Å²) in [6, 6.07) is 14.6. The Labute approximate surface area is 108 Å². The number of hydrogen-bond acceptors (Lipinski definition) is 2. The summed E-state index contributed by atoms with van der Waals surface area (Å²) in [5.41, 5.74) is -0.136. The van der Waals surface area contributed by atoms with Crippen molar-refractivity contribution in [2.75, 3.05) is 6.61 Å². The van der Waals surface area contributed by atoms with Gasteiger partial charge >= 0.3 is 0 Å². The van der Waals surface area contributed by atoms with E-state index in [9.17, 15) is 0 Å². The lowest BCUT2D eigenvalue weighted by molar-refractivity contribution is -0.215. The second-order valence-corrected chi connectivity index (χ2v) is 4.98. The highest BCUT2D eigenvalue weighted by atomic mass is 16.6. The Balaban J connectivity index is 1.91. The summed E-state index contributed by atoms with van der Waals surface area (Å²) in [4.78, 5) is 0. The third-order valence-electron chi connectivity index (χ3n) is 3.96. The van der Waals surface area contributed by atoms with Gasteiger partial charge in [0.15, 0.2) is 5.60 Å². The van der Waals surface area contributed by atoms with Crippen molar-refractivity contribution in [2.24, 2.45) is 0 Å². The van der Waals surface area contributed by atoms with Gasteiger partial charge in [-0.2, -0.15) is 0 Å². The minimum atomic E-state index is -0.136. The third kappa shape index (κ3) is 1.77. The molecule has 2 heteroatoms. The molecule has 1 fully saturated rings. The minimum absolute atomic E-state index is 0.136. The van der Waals surface area contributed by atoms with Crippen LogP contribution in [0.25, 0.3) is 10.8 Å². The van der Waals surface area contributed by atoms with E-state index in [-0.39, 0.29) is 11.7 Å². The summed E-state index contributed by atoms with van der Waals surface area (Å²) in [7, 11) is 0. The first kappa shape index (κ1) is 11.5. The SMILES string of the molecule is CCC1(Oc2ccc3ccccc3c2)COC1C. The number of fused-ring (bicyclic) bond motifs is 1. The zero-order chi connectivity index (χ0) is 12.6. The molecule has 0 N–H and O–H groups in total. The highest BCUT2D eigenvalue weighted by Gasteiger charge is 2.46. The molecule has 1 aliphatic heterocycles. The monoisotopic (exact) mass is 242 g/mol. The highest BCUT2D eigenvalue weighted by molar-refractivity contribution is 5.83. The molecular formula is C16H18O2. The van der Waals surface area contributed by atoms with Gasteiger partial charge < -0.3 is 9.47 Å². The molecule has 2 atom stereocenters. The average molecular weight is 242 g/mol. The molecule has 1 heterocycles. The van der Waals surface area contributed by atoms with Gasteiger partial charge in [-0.05, 0) is 36.2 Å². The number of hydrogen-bond donors (Lipinski definition) is 0. The zero-order valence-corrected chi connectivity index (χ0v) is 10.8. The van der Waals surface area contributed by atoms with Crippen LogP contribution in [0.3, 0.4) is 0 Å². The van der Waals surface area contributed by atoms with Crippen molar-refractivity contribution in [1.29, 1.82) is 0 Å². The molecule has 3 rings (SSSR count). The van der Waals surface area contributed by atoms with E-state index >= 15 is 0 Å². The zero-order valence-electron chi connectivity index (χ0n) is 10.8. The fraction of sp³-hybridized carbons (Fsp3) is 0.375. The lowest BCUT2D eigenvalue weighted by Crippen LogP contribution is -2.60. The van der Waals surface area contributed by atoms with Crippen LogP contribution in [0.5, 0.6) is 5.75 Å². The standard InChI is InChI=1S/C16H18O2/c1-3-16(11-17-12(16)2)18-15-9-8-13-6-4-5-7-14(13)10-15/h4-10,12H,3,11H2,1-2H3. The van der Waals surface area contributed by atoms with Crippen LogP contribution in [0, 0.1) is 0 Å². The van der Waals surface area contributed by atoms with Gasteiger partial charge in [-0.15, -0.1) is 0 Å².